The van der Waals surface area contributed by atoms with Crippen molar-refractivity contribution in [3.8, 4) is 16.9 Å². The van der Waals surface area contributed by atoms with E-state index in [1.807, 2.05) is 69.6 Å². The van der Waals surface area contributed by atoms with Crippen LogP contribution >= 0.6 is 0 Å². The van der Waals surface area contributed by atoms with Gasteiger partial charge in [-0.05, 0) is 38.7 Å². The quantitative estimate of drug-likeness (QED) is 0.787. The molecule has 0 aliphatic heterocycles. The number of aryl methyl sites for hydroxylation is 1. The van der Waals surface area contributed by atoms with Crippen LogP contribution in [-0.2, 0) is 11.8 Å². The molecule has 0 saturated carbocycles. The maximum Gasteiger partial charge on any atom is 0.237 e. The summed E-state index contributed by atoms with van der Waals surface area (Å²) in [7, 11) is 5.65. The fraction of sp³-hybridized carbons (Fsp3) is 0.412. The summed E-state index contributed by atoms with van der Waals surface area (Å²) in [6.45, 7) is 2.78. The highest BCUT2D eigenvalue weighted by atomic mass is 16.5. The standard InChI is InChI=1S/C17H24N4O2/c1-13(20(2)3)17(22)18-8-9-23-16-7-5-6-14(10-16)15-11-19-21(4)12-15/h5-7,10-13H,8-9H2,1-4H3,(H,18,22)/t13-/m0/s1. The van der Waals surface area contributed by atoms with Gasteiger partial charge in [-0.25, -0.2) is 0 Å². The second-order valence-corrected chi connectivity index (χ2v) is 5.71. The van der Waals surface area contributed by atoms with Crippen molar-refractivity contribution in [2.75, 3.05) is 27.2 Å². The molecule has 0 fully saturated rings. The predicted molar refractivity (Wildman–Crippen MR) is 90.3 cm³/mol. The molecule has 1 N–H and O–H groups in total. The lowest BCUT2D eigenvalue weighted by atomic mass is 10.1. The molecule has 1 amide bonds. The lowest BCUT2D eigenvalue weighted by Crippen LogP contribution is -2.42. The van der Waals surface area contributed by atoms with Gasteiger partial charge in [0.1, 0.15) is 12.4 Å². The number of amides is 1. The minimum absolute atomic E-state index is 0.00251. The molecule has 0 aliphatic rings. The smallest absolute Gasteiger partial charge is 0.237 e. The summed E-state index contributed by atoms with van der Waals surface area (Å²) in [6, 6.07) is 7.70. The summed E-state index contributed by atoms with van der Waals surface area (Å²) in [6.07, 6.45) is 3.78. The molecule has 1 heterocycles. The van der Waals surface area contributed by atoms with Gasteiger partial charge in [-0.15, -0.1) is 0 Å². The van der Waals surface area contributed by atoms with E-state index in [1.54, 1.807) is 4.68 Å². The van der Waals surface area contributed by atoms with Gasteiger partial charge in [0.25, 0.3) is 0 Å². The van der Waals surface area contributed by atoms with E-state index in [0.717, 1.165) is 16.9 Å². The van der Waals surface area contributed by atoms with Crippen molar-refractivity contribution in [1.82, 2.24) is 20.0 Å². The van der Waals surface area contributed by atoms with Gasteiger partial charge in [0.15, 0.2) is 0 Å². The van der Waals surface area contributed by atoms with Crippen LogP contribution in [0.3, 0.4) is 0 Å². The second kappa shape index (κ2) is 7.78. The fourth-order valence-corrected chi connectivity index (χ4v) is 2.06. The van der Waals surface area contributed by atoms with Crippen LogP contribution in [0.15, 0.2) is 36.7 Å². The van der Waals surface area contributed by atoms with E-state index in [4.69, 9.17) is 4.74 Å². The number of hydrogen-bond acceptors (Lipinski definition) is 4. The summed E-state index contributed by atoms with van der Waals surface area (Å²) in [5.41, 5.74) is 2.10. The third-order valence-electron chi connectivity index (χ3n) is 3.70. The van der Waals surface area contributed by atoms with E-state index in [1.165, 1.54) is 0 Å². The highest BCUT2D eigenvalue weighted by Gasteiger charge is 2.13. The zero-order valence-corrected chi connectivity index (χ0v) is 14.1. The largest absolute Gasteiger partial charge is 0.492 e. The number of ether oxygens (including phenoxy) is 1. The molecule has 0 radical (unpaired) electrons. The Kier molecular flexibility index (Phi) is 5.76. The van der Waals surface area contributed by atoms with Crippen LogP contribution < -0.4 is 10.1 Å². The fourth-order valence-electron chi connectivity index (χ4n) is 2.06. The van der Waals surface area contributed by atoms with E-state index in [9.17, 15) is 4.79 Å². The first-order valence-electron chi connectivity index (χ1n) is 7.63. The van der Waals surface area contributed by atoms with Crippen molar-refractivity contribution >= 4 is 5.91 Å². The van der Waals surface area contributed by atoms with Crippen LogP contribution in [0.25, 0.3) is 11.1 Å². The van der Waals surface area contributed by atoms with Crippen molar-refractivity contribution in [2.24, 2.45) is 7.05 Å². The van der Waals surface area contributed by atoms with Crippen LogP contribution in [-0.4, -0.2) is 53.9 Å². The SMILES string of the molecule is C[C@@H](C(=O)NCCOc1cccc(-c2cnn(C)c2)c1)N(C)C. The monoisotopic (exact) mass is 316 g/mol. The molecule has 0 spiro atoms. The number of likely N-dealkylation sites (N-methyl/N-ethyl adjacent to an activating group) is 1. The van der Waals surface area contributed by atoms with E-state index in [-0.39, 0.29) is 11.9 Å². The summed E-state index contributed by atoms with van der Waals surface area (Å²) >= 11 is 0. The number of nitrogens with zero attached hydrogens (tertiary/aromatic N) is 3. The van der Waals surface area contributed by atoms with Gasteiger partial charge in [-0.2, -0.15) is 5.10 Å². The number of carbonyl (C=O) groups is 1. The molecule has 1 atom stereocenters. The number of carbonyl (C=O) groups excluding carboxylic acids is 1. The van der Waals surface area contributed by atoms with Crippen LogP contribution in [0.4, 0.5) is 0 Å². The molecular weight excluding hydrogens is 292 g/mol. The predicted octanol–water partition coefficient (Wildman–Crippen LogP) is 1.53. The Morgan fingerprint density at radius 3 is 2.83 bits per heavy atom. The first kappa shape index (κ1) is 17.0. The summed E-state index contributed by atoms with van der Waals surface area (Å²) in [4.78, 5) is 13.7. The number of hydrogen-bond donors (Lipinski definition) is 1. The van der Waals surface area contributed by atoms with Gasteiger partial charge < -0.3 is 10.1 Å². The van der Waals surface area contributed by atoms with E-state index < -0.39 is 0 Å². The van der Waals surface area contributed by atoms with Crippen molar-refractivity contribution in [3.05, 3.63) is 36.7 Å². The average molecular weight is 316 g/mol. The Morgan fingerprint density at radius 1 is 1.39 bits per heavy atom. The lowest BCUT2D eigenvalue weighted by Gasteiger charge is -2.18. The van der Waals surface area contributed by atoms with Crippen LogP contribution in [0.1, 0.15) is 6.92 Å². The highest BCUT2D eigenvalue weighted by molar-refractivity contribution is 5.81. The molecule has 0 saturated heterocycles. The van der Waals surface area contributed by atoms with Crippen LogP contribution in [0.5, 0.6) is 5.75 Å². The second-order valence-electron chi connectivity index (χ2n) is 5.71. The number of rotatable bonds is 7. The molecule has 1 aromatic heterocycles. The van der Waals surface area contributed by atoms with Crippen molar-refractivity contribution in [3.63, 3.8) is 0 Å². The first-order valence-corrected chi connectivity index (χ1v) is 7.63. The Hall–Kier alpha value is -2.34. The molecular formula is C17H24N4O2. The van der Waals surface area contributed by atoms with Crippen LogP contribution in [0.2, 0.25) is 0 Å². The number of nitrogens with one attached hydrogen (secondary N) is 1. The average Bonchev–Trinajstić information content (AvgIpc) is 2.97. The minimum Gasteiger partial charge on any atom is -0.492 e. The van der Waals surface area contributed by atoms with Crippen LogP contribution in [0, 0.1) is 0 Å². The van der Waals surface area contributed by atoms with E-state index in [2.05, 4.69) is 10.4 Å². The molecule has 0 unspecified atom stereocenters. The number of benzene rings is 1. The molecule has 6 nitrogen and oxygen atoms in total. The topological polar surface area (TPSA) is 59.4 Å². The van der Waals surface area contributed by atoms with Gasteiger partial charge in [-0.1, -0.05) is 12.1 Å². The molecule has 0 bridgehead atoms. The summed E-state index contributed by atoms with van der Waals surface area (Å²) in [5, 5.41) is 7.04. The Labute approximate surface area is 137 Å². The maximum absolute atomic E-state index is 11.8. The third-order valence-corrected chi connectivity index (χ3v) is 3.70. The third kappa shape index (κ3) is 4.82. The van der Waals surface area contributed by atoms with Crippen molar-refractivity contribution < 1.29 is 9.53 Å². The van der Waals surface area contributed by atoms with Gasteiger partial charge in [0.05, 0.1) is 18.8 Å². The molecule has 2 rings (SSSR count). The van der Waals surface area contributed by atoms with E-state index in [0.29, 0.717) is 13.2 Å². The zero-order valence-electron chi connectivity index (χ0n) is 14.1. The van der Waals surface area contributed by atoms with E-state index >= 15 is 0 Å². The first-order chi connectivity index (χ1) is 11.0. The molecule has 0 aliphatic carbocycles. The Balaban J connectivity index is 1.84. The molecule has 1 aromatic carbocycles. The van der Waals surface area contributed by atoms with Gasteiger partial charge in [0.2, 0.25) is 5.91 Å². The normalized spacial score (nSPS) is 12.2. The van der Waals surface area contributed by atoms with Gasteiger partial charge in [0, 0.05) is 18.8 Å². The minimum atomic E-state index is -0.149. The van der Waals surface area contributed by atoms with Crippen molar-refractivity contribution in [2.45, 2.75) is 13.0 Å². The molecule has 23 heavy (non-hydrogen) atoms. The van der Waals surface area contributed by atoms with Gasteiger partial charge >= 0.3 is 0 Å². The molecule has 6 heteroatoms. The lowest BCUT2D eigenvalue weighted by molar-refractivity contribution is -0.125. The highest BCUT2D eigenvalue weighted by Crippen LogP contribution is 2.23. The maximum atomic E-state index is 11.8. The zero-order chi connectivity index (χ0) is 16.8. The number of aromatic nitrogens is 2. The van der Waals surface area contributed by atoms with Crippen molar-refractivity contribution in [1.29, 1.82) is 0 Å². The van der Waals surface area contributed by atoms with Gasteiger partial charge in [-0.3, -0.25) is 14.4 Å². The Bertz CT molecular complexity index is 652. The molecule has 2 aromatic rings. The Morgan fingerprint density at radius 2 is 2.17 bits per heavy atom. The molecule has 124 valence electrons. The summed E-state index contributed by atoms with van der Waals surface area (Å²) < 4.78 is 7.48. The summed E-state index contributed by atoms with van der Waals surface area (Å²) in [5.74, 6) is 0.781.